The van der Waals surface area contributed by atoms with Crippen molar-refractivity contribution in [2.45, 2.75) is 12.8 Å². The van der Waals surface area contributed by atoms with Crippen molar-refractivity contribution in [1.82, 2.24) is 4.98 Å². The van der Waals surface area contributed by atoms with Crippen LogP contribution < -0.4 is 0 Å². The molecule has 0 atom stereocenters. The van der Waals surface area contributed by atoms with Gasteiger partial charge in [-0.1, -0.05) is 0 Å². The van der Waals surface area contributed by atoms with E-state index in [1.54, 1.807) is 0 Å². The zero-order valence-electron chi connectivity index (χ0n) is 7.25. The lowest BCUT2D eigenvalue weighted by atomic mass is 10.1. The Balaban J connectivity index is 3.23. The predicted molar refractivity (Wildman–Crippen MR) is 49.9 cm³/mol. The normalized spacial score (nSPS) is 10.7. The number of pyridine rings is 1. The highest BCUT2D eigenvalue weighted by Crippen LogP contribution is 2.33. The Labute approximate surface area is 91.7 Å². The Morgan fingerprint density at radius 1 is 1.60 bits per heavy atom. The number of aromatic nitrogens is 1. The second-order valence-electron chi connectivity index (χ2n) is 2.69. The van der Waals surface area contributed by atoms with Gasteiger partial charge in [-0.25, -0.2) is 8.78 Å². The summed E-state index contributed by atoms with van der Waals surface area (Å²) in [6.07, 6.45) is -2.56. The van der Waals surface area contributed by atoms with Crippen LogP contribution >= 0.6 is 15.9 Å². The molecule has 0 saturated heterocycles. The van der Waals surface area contributed by atoms with E-state index in [-0.39, 0.29) is 10.0 Å². The number of alkyl halides is 2. The van der Waals surface area contributed by atoms with Crippen LogP contribution in [0.15, 0.2) is 10.7 Å². The molecule has 0 spiro atoms. The number of hydrogen-bond donors (Lipinski definition) is 2. The van der Waals surface area contributed by atoms with Crippen LogP contribution in [0.3, 0.4) is 0 Å². The van der Waals surface area contributed by atoms with Crippen molar-refractivity contribution < 1.29 is 23.8 Å². The molecular weight excluding hydrogens is 276 g/mol. The van der Waals surface area contributed by atoms with E-state index in [9.17, 15) is 18.7 Å². The maximum Gasteiger partial charge on any atom is 0.308 e. The number of carboxylic acids is 1. The van der Waals surface area contributed by atoms with E-state index in [0.717, 1.165) is 6.20 Å². The molecule has 0 aliphatic heterocycles. The molecule has 0 aliphatic rings. The second kappa shape index (κ2) is 4.52. The SMILES string of the molecule is O=C(O)Cc1c(O)cnc(C(F)F)c1Br. The lowest BCUT2D eigenvalue weighted by molar-refractivity contribution is -0.136. The number of aliphatic carboxylic acids is 1. The first-order valence-electron chi connectivity index (χ1n) is 3.79. The molecule has 0 bridgehead atoms. The molecule has 0 aromatic carbocycles. The number of aromatic hydroxyl groups is 1. The molecule has 1 aromatic rings. The lowest BCUT2D eigenvalue weighted by Crippen LogP contribution is -2.04. The summed E-state index contributed by atoms with van der Waals surface area (Å²) >= 11 is 2.80. The zero-order valence-corrected chi connectivity index (χ0v) is 8.83. The maximum atomic E-state index is 12.4. The van der Waals surface area contributed by atoms with Crippen LogP contribution in [0.5, 0.6) is 5.75 Å². The van der Waals surface area contributed by atoms with E-state index >= 15 is 0 Å². The van der Waals surface area contributed by atoms with Crippen molar-refractivity contribution in [2.24, 2.45) is 0 Å². The van der Waals surface area contributed by atoms with Crippen molar-refractivity contribution in [3.05, 3.63) is 21.9 Å². The minimum Gasteiger partial charge on any atom is -0.506 e. The number of carbonyl (C=O) groups is 1. The molecule has 0 aliphatic carbocycles. The first-order valence-corrected chi connectivity index (χ1v) is 4.59. The summed E-state index contributed by atoms with van der Waals surface area (Å²) in [5.74, 6) is -1.65. The third kappa shape index (κ3) is 2.62. The molecule has 2 N–H and O–H groups in total. The van der Waals surface area contributed by atoms with Crippen LogP contribution in [-0.2, 0) is 11.2 Å². The van der Waals surface area contributed by atoms with Gasteiger partial charge in [-0.2, -0.15) is 0 Å². The van der Waals surface area contributed by atoms with Crippen LogP contribution in [0.2, 0.25) is 0 Å². The van der Waals surface area contributed by atoms with Crippen molar-refractivity contribution in [3.8, 4) is 5.75 Å². The molecule has 0 fully saturated rings. The molecule has 0 saturated carbocycles. The van der Waals surface area contributed by atoms with Gasteiger partial charge in [0.05, 0.1) is 17.1 Å². The van der Waals surface area contributed by atoms with Crippen LogP contribution in [0, 0.1) is 0 Å². The second-order valence-corrected chi connectivity index (χ2v) is 3.49. The zero-order chi connectivity index (χ0) is 11.6. The summed E-state index contributed by atoms with van der Waals surface area (Å²) < 4.78 is 24.5. The van der Waals surface area contributed by atoms with E-state index < -0.39 is 30.3 Å². The highest BCUT2D eigenvalue weighted by atomic mass is 79.9. The summed E-state index contributed by atoms with van der Waals surface area (Å²) in [4.78, 5) is 13.7. The molecule has 82 valence electrons. The first-order chi connectivity index (χ1) is 6.93. The third-order valence-electron chi connectivity index (χ3n) is 1.66. The van der Waals surface area contributed by atoms with Gasteiger partial charge in [-0.15, -0.1) is 0 Å². The topological polar surface area (TPSA) is 70.4 Å². The summed E-state index contributed by atoms with van der Waals surface area (Å²) in [5, 5.41) is 17.8. The first kappa shape index (κ1) is 11.8. The molecule has 4 nitrogen and oxygen atoms in total. The fourth-order valence-corrected chi connectivity index (χ4v) is 1.62. The van der Waals surface area contributed by atoms with Gasteiger partial charge in [-0.3, -0.25) is 9.78 Å². The van der Waals surface area contributed by atoms with Crippen molar-refractivity contribution in [3.63, 3.8) is 0 Å². The fraction of sp³-hybridized carbons (Fsp3) is 0.250. The largest absolute Gasteiger partial charge is 0.506 e. The van der Waals surface area contributed by atoms with Crippen molar-refractivity contribution >= 4 is 21.9 Å². The van der Waals surface area contributed by atoms with E-state index in [1.807, 2.05) is 0 Å². The average molecular weight is 282 g/mol. The molecule has 0 amide bonds. The Bertz CT molecular complexity index is 398. The van der Waals surface area contributed by atoms with Gasteiger partial charge < -0.3 is 10.2 Å². The van der Waals surface area contributed by atoms with Gasteiger partial charge in [0.15, 0.2) is 0 Å². The molecule has 1 rings (SSSR count). The number of hydrogen-bond acceptors (Lipinski definition) is 3. The fourth-order valence-electron chi connectivity index (χ4n) is 1.00. The molecule has 15 heavy (non-hydrogen) atoms. The molecular formula is C8H6BrF2NO3. The van der Waals surface area contributed by atoms with Crippen LogP contribution in [0.25, 0.3) is 0 Å². The average Bonchev–Trinajstić information content (AvgIpc) is 2.11. The van der Waals surface area contributed by atoms with E-state index in [1.165, 1.54) is 0 Å². The van der Waals surface area contributed by atoms with E-state index in [0.29, 0.717) is 0 Å². The minimum atomic E-state index is -2.83. The van der Waals surface area contributed by atoms with E-state index in [4.69, 9.17) is 5.11 Å². The van der Waals surface area contributed by atoms with Gasteiger partial charge in [0.25, 0.3) is 6.43 Å². The molecule has 0 unspecified atom stereocenters. The van der Waals surface area contributed by atoms with Gasteiger partial charge in [0, 0.05) is 5.56 Å². The van der Waals surface area contributed by atoms with Gasteiger partial charge in [0.1, 0.15) is 11.4 Å². The Kier molecular flexibility index (Phi) is 3.57. The quantitative estimate of drug-likeness (QED) is 0.890. The van der Waals surface area contributed by atoms with Gasteiger partial charge in [0.2, 0.25) is 0 Å². The standard InChI is InChI=1S/C8H6BrF2NO3/c9-6-3(1-5(14)15)4(13)2-12-7(6)8(10)11/h2,8,13H,1H2,(H,14,15). The molecule has 1 aromatic heterocycles. The highest BCUT2D eigenvalue weighted by molar-refractivity contribution is 9.10. The van der Waals surface area contributed by atoms with Crippen LogP contribution in [0.1, 0.15) is 17.7 Å². The molecule has 7 heteroatoms. The number of halogens is 3. The summed E-state index contributed by atoms with van der Waals surface area (Å²) in [6, 6.07) is 0. The van der Waals surface area contributed by atoms with Crippen molar-refractivity contribution in [1.29, 1.82) is 0 Å². The Morgan fingerprint density at radius 3 is 2.67 bits per heavy atom. The predicted octanol–water partition coefficient (Wildman–Crippen LogP) is 2.11. The third-order valence-corrected chi connectivity index (χ3v) is 2.54. The van der Waals surface area contributed by atoms with Gasteiger partial charge >= 0.3 is 5.97 Å². The lowest BCUT2D eigenvalue weighted by Gasteiger charge is -2.08. The smallest absolute Gasteiger partial charge is 0.308 e. The maximum absolute atomic E-state index is 12.4. The molecule has 1 heterocycles. The Hall–Kier alpha value is -1.24. The van der Waals surface area contributed by atoms with Crippen LogP contribution in [-0.4, -0.2) is 21.2 Å². The number of rotatable bonds is 3. The van der Waals surface area contributed by atoms with E-state index in [2.05, 4.69) is 20.9 Å². The highest BCUT2D eigenvalue weighted by Gasteiger charge is 2.20. The Morgan fingerprint density at radius 2 is 2.20 bits per heavy atom. The van der Waals surface area contributed by atoms with Crippen LogP contribution in [0.4, 0.5) is 8.78 Å². The monoisotopic (exact) mass is 281 g/mol. The minimum absolute atomic E-state index is 0.104. The number of carboxylic acid groups (broad SMARTS) is 1. The number of nitrogens with zero attached hydrogens (tertiary/aromatic N) is 1. The van der Waals surface area contributed by atoms with Gasteiger partial charge in [-0.05, 0) is 15.9 Å². The van der Waals surface area contributed by atoms with Crippen molar-refractivity contribution in [2.75, 3.05) is 0 Å². The summed E-state index contributed by atoms with van der Waals surface area (Å²) in [6.45, 7) is 0. The molecule has 0 radical (unpaired) electrons. The summed E-state index contributed by atoms with van der Waals surface area (Å²) in [5.41, 5.74) is -0.683. The summed E-state index contributed by atoms with van der Waals surface area (Å²) in [7, 11) is 0.